The van der Waals surface area contributed by atoms with Crippen molar-refractivity contribution in [2.45, 2.75) is 64.7 Å². The first-order valence-corrected chi connectivity index (χ1v) is 11.4. The van der Waals surface area contributed by atoms with Crippen LogP contribution in [0, 0.1) is 0 Å². The Hall–Kier alpha value is -2.88. The molecule has 0 N–H and O–H groups in total. The van der Waals surface area contributed by atoms with Crippen LogP contribution in [0.5, 0.6) is 0 Å². The number of benzene rings is 2. The lowest BCUT2D eigenvalue weighted by atomic mass is 9.96. The van der Waals surface area contributed by atoms with Crippen LogP contribution in [0.3, 0.4) is 0 Å². The Morgan fingerprint density at radius 2 is 1.61 bits per heavy atom. The Bertz CT molecular complexity index is 946. The van der Waals surface area contributed by atoms with Gasteiger partial charge in [0.15, 0.2) is 11.7 Å². The second-order valence-electron chi connectivity index (χ2n) is 7.90. The topological polar surface area (TPSA) is 52.3 Å². The fraction of sp³-hybridized carbons (Fsp3) is 0.407. The van der Waals surface area contributed by atoms with E-state index in [0.29, 0.717) is 12.3 Å². The summed E-state index contributed by atoms with van der Waals surface area (Å²) in [6.07, 6.45) is 9.35. The Morgan fingerprint density at radius 3 is 2.39 bits per heavy atom. The Labute approximate surface area is 185 Å². The molecule has 1 heterocycles. The SMILES string of the molecule is CCCCCCCCc1ccccc1-c1nc(CCC(=O)OC)oc1-c1ccccc1. The third-order valence-corrected chi connectivity index (χ3v) is 5.55. The van der Waals surface area contributed by atoms with E-state index in [1.807, 2.05) is 30.3 Å². The molecule has 0 aliphatic heterocycles. The summed E-state index contributed by atoms with van der Waals surface area (Å²) in [6, 6.07) is 18.5. The van der Waals surface area contributed by atoms with Gasteiger partial charge in [0.05, 0.1) is 13.5 Å². The van der Waals surface area contributed by atoms with Crippen molar-refractivity contribution >= 4 is 5.97 Å². The lowest BCUT2D eigenvalue weighted by Gasteiger charge is -2.09. The van der Waals surface area contributed by atoms with Gasteiger partial charge in [0, 0.05) is 17.5 Å². The molecular formula is C27H33NO3. The minimum atomic E-state index is -0.260. The van der Waals surface area contributed by atoms with Crippen LogP contribution in [-0.2, 0) is 22.4 Å². The summed E-state index contributed by atoms with van der Waals surface area (Å²) in [5, 5.41) is 0. The first-order valence-electron chi connectivity index (χ1n) is 11.4. The Morgan fingerprint density at radius 1 is 0.903 bits per heavy atom. The van der Waals surface area contributed by atoms with Gasteiger partial charge in [-0.1, -0.05) is 93.6 Å². The van der Waals surface area contributed by atoms with Crippen molar-refractivity contribution in [3.63, 3.8) is 0 Å². The maximum Gasteiger partial charge on any atom is 0.306 e. The number of rotatable bonds is 12. The molecule has 1 aromatic heterocycles. The molecule has 0 saturated heterocycles. The first-order chi connectivity index (χ1) is 15.2. The van der Waals surface area contributed by atoms with Crippen molar-refractivity contribution in [3.8, 4) is 22.6 Å². The monoisotopic (exact) mass is 419 g/mol. The molecule has 0 fully saturated rings. The second kappa shape index (κ2) is 12.1. The summed E-state index contributed by atoms with van der Waals surface area (Å²) < 4.78 is 10.9. The fourth-order valence-electron chi connectivity index (χ4n) is 3.82. The number of nitrogens with zero attached hydrogens (tertiary/aromatic N) is 1. The molecule has 0 unspecified atom stereocenters. The van der Waals surface area contributed by atoms with E-state index in [0.717, 1.165) is 29.0 Å². The Kier molecular flexibility index (Phi) is 8.89. The van der Waals surface area contributed by atoms with E-state index in [4.69, 9.17) is 14.1 Å². The molecule has 0 aliphatic carbocycles. The molecule has 3 aromatic rings. The number of hydrogen-bond donors (Lipinski definition) is 0. The van der Waals surface area contributed by atoms with Crippen LogP contribution in [0.1, 0.15) is 63.3 Å². The highest BCUT2D eigenvalue weighted by atomic mass is 16.5. The Balaban J connectivity index is 1.85. The van der Waals surface area contributed by atoms with E-state index in [1.165, 1.54) is 51.2 Å². The number of carbonyl (C=O) groups is 1. The van der Waals surface area contributed by atoms with Gasteiger partial charge in [0.1, 0.15) is 5.69 Å². The number of oxazole rings is 1. The van der Waals surface area contributed by atoms with Gasteiger partial charge in [0.25, 0.3) is 0 Å². The molecule has 0 amide bonds. The molecule has 0 spiro atoms. The predicted octanol–water partition coefficient (Wildman–Crippen LogP) is 7.02. The number of unbranched alkanes of at least 4 members (excludes halogenated alkanes) is 5. The quantitative estimate of drug-likeness (QED) is 0.234. The molecule has 164 valence electrons. The molecule has 31 heavy (non-hydrogen) atoms. The summed E-state index contributed by atoms with van der Waals surface area (Å²) in [6.45, 7) is 2.25. The van der Waals surface area contributed by atoms with Crippen molar-refractivity contribution in [2.75, 3.05) is 7.11 Å². The number of aromatic nitrogens is 1. The van der Waals surface area contributed by atoms with Crippen LogP contribution in [0.25, 0.3) is 22.6 Å². The fourth-order valence-corrected chi connectivity index (χ4v) is 3.82. The van der Waals surface area contributed by atoms with Gasteiger partial charge in [0.2, 0.25) is 0 Å². The van der Waals surface area contributed by atoms with E-state index in [2.05, 4.69) is 31.2 Å². The van der Waals surface area contributed by atoms with Gasteiger partial charge >= 0.3 is 5.97 Å². The maximum absolute atomic E-state index is 11.6. The normalized spacial score (nSPS) is 10.9. The molecule has 0 radical (unpaired) electrons. The van der Waals surface area contributed by atoms with Crippen molar-refractivity contribution in [1.29, 1.82) is 0 Å². The number of ether oxygens (including phenoxy) is 1. The van der Waals surface area contributed by atoms with Gasteiger partial charge in [-0.15, -0.1) is 0 Å². The number of methoxy groups -OCH3 is 1. The van der Waals surface area contributed by atoms with E-state index in [1.54, 1.807) is 0 Å². The average Bonchev–Trinajstić information content (AvgIpc) is 3.24. The van der Waals surface area contributed by atoms with Crippen molar-refractivity contribution in [2.24, 2.45) is 0 Å². The van der Waals surface area contributed by atoms with E-state index in [-0.39, 0.29) is 12.4 Å². The molecule has 0 bridgehead atoms. The third kappa shape index (κ3) is 6.55. The standard InChI is InChI=1S/C27H33NO3/c1-3-4-5-6-7-9-14-21-15-12-13-18-23(21)26-27(22-16-10-8-11-17-22)31-24(28-26)19-20-25(29)30-2/h8,10-13,15-18H,3-7,9,14,19-20H2,1-2H3. The summed E-state index contributed by atoms with van der Waals surface area (Å²) >= 11 is 0. The minimum Gasteiger partial charge on any atom is -0.469 e. The van der Waals surface area contributed by atoms with Crippen LogP contribution < -0.4 is 0 Å². The van der Waals surface area contributed by atoms with E-state index in [9.17, 15) is 4.79 Å². The molecule has 0 aliphatic rings. The number of hydrogen-bond acceptors (Lipinski definition) is 4. The lowest BCUT2D eigenvalue weighted by molar-refractivity contribution is -0.140. The highest BCUT2D eigenvalue weighted by Crippen LogP contribution is 2.35. The molecule has 4 heteroatoms. The summed E-state index contributed by atoms with van der Waals surface area (Å²) in [4.78, 5) is 16.4. The van der Waals surface area contributed by atoms with Crippen molar-refractivity contribution in [3.05, 3.63) is 66.1 Å². The van der Waals surface area contributed by atoms with Crippen LogP contribution in [0.4, 0.5) is 0 Å². The highest BCUT2D eigenvalue weighted by molar-refractivity contribution is 5.78. The minimum absolute atomic E-state index is 0.254. The smallest absolute Gasteiger partial charge is 0.306 e. The molecule has 0 saturated carbocycles. The van der Waals surface area contributed by atoms with Gasteiger partial charge < -0.3 is 9.15 Å². The zero-order valence-electron chi connectivity index (χ0n) is 18.7. The lowest BCUT2D eigenvalue weighted by Crippen LogP contribution is -2.02. The van der Waals surface area contributed by atoms with Gasteiger partial charge in [-0.25, -0.2) is 4.98 Å². The average molecular weight is 420 g/mol. The summed E-state index contributed by atoms with van der Waals surface area (Å²) in [5.74, 6) is 1.06. The zero-order valence-corrected chi connectivity index (χ0v) is 18.7. The highest BCUT2D eigenvalue weighted by Gasteiger charge is 2.19. The largest absolute Gasteiger partial charge is 0.469 e. The third-order valence-electron chi connectivity index (χ3n) is 5.55. The van der Waals surface area contributed by atoms with Crippen LogP contribution in [0.2, 0.25) is 0 Å². The van der Waals surface area contributed by atoms with Crippen molar-refractivity contribution in [1.82, 2.24) is 4.98 Å². The molecular weight excluding hydrogens is 386 g/mol. The molecule has 4 nitrogen and oxygen atoms in total. The number of carbonyl (C=O) groups excluding carboxylic acids is 1. The predicted molar refractivity (Wildman–Crippen MR) is 125 cm³/mol. The van der Waals surface area contributed by atoms with Crippen LogP contribution >= 0.6 is 0 Å². The van der Waals surface area contributed by atoms with Gasteiger partial charge in [-0.2, -0.15) is 0 Å². The van der Waals surface area contributed by atoms with Crippen LogP contribution in [-0.4, -0.2) is 18.1 Å². The second-order valence-corrected chi connectivity index (χ2v) is 7.90. The zero-order chi connectivity index (χ0) is 21.9. The van der Waals surface area contributed by atoms with Gasteiger partial charge in [-0.05, 0) is 18.4 Å². The van der Waals surface area contributed by atoms with E-state index < -0.39 is 0 Å². The number of esters is 1. The van der Waals surface area contributed by atoms with Crippen molar-refractivity contribution < 1.29 is 13.9 Å². The first kappa shape index (κ1) is 22.8. The number of aryl methyl sites for hydroxylation is 2. The van der Waals surface area contributed by atoms with Gasteiger partial charge in [-0.3, -0.25) is 4.79 Å². The van der Waals surface area contributed by atoms with E-state index >= 15 is 0 Å². The molecule has 0 atom stereocenters. The maximum atomic E-state index is 11.6. The molecule has 3 rings (SSSR count). The summed E-state index contributed by atoms with van der Waals surface area (Å²) in [7, 11) is 1.40. The molecule has 2 aromatic carbocycles. The summed E-state index contributed by atoms with van der Waals surface area (Å²) in [5.41, 5.74) is 4.25. The van der Waals surface area contributed by atoms with Crippen LogP contribution in [0.15, 0.2) is 59.0 Å².